The summed E-state index contributed by atoms with van der Waals surface area (Å²) in [7, 11) is 6.64. The summed E-state index contributed by atoms with van der Waals surface area (Å²) in [5.41, 5.74) is -0.638. The SMILES string of the molecule is CNC(C)(CCCSCC(=O)N(C)C)C(=O)OC. The van der Waals surface area contributed by atoms with Gasteiger partial charge in [0.15, 0.2) is 0 Å². The molecule has 0 saturated carbocycles. The zero-order chi connectivity index (χ0) is 14.2. The van der Waals surface area contributed by atoms with Crippen LogP contribution in [0.15, 0.2) is 0 Å². The fourth-order valence-electron chi connectivity index (χ4n) is 1.37. The van der Waals surface area contributed by atoms with E-state index in [9.17, 15) is 9.59 Å². The molecule has 0 radical (unpaired) electrons. The molecule has 0 rings (SSSR count). The van der Waals surface area contributed by atoms with Gasteiger partial charge >= 0.3 is 5.97 Å². The van der Waals surface area contributed by atoms with Gasteiger partial charge in [-0.05, 0) is 32.6 Å². The molecule has 0 aliphatic heterocycles. The van der Waals surface area contributed by atoms with Crippen LogP contribution in [-0.2, 0) is 14.3 Å². The Balaban J connectivity index is 3.89. The summed E-state index contributed by atoms with van der Waals surface area (Å²) in [5, 5.41) is 2.99. The molecular weight excluding hydrogens is 252 g/mol. The van der Waals surface area contributed by atoms with E-state index in [0.717, 1.165) is 12.2 Å². The number of ether oxygens (including phenoxy) is 1. The lowest BCUT2D eigenvalue weighted by molar-refractivity contribution is -0.148. The highest BCUT2D eigenvalue weighted by atomic mass is 32.2. The summed E-state index contributed by atoms with van der Waals surface area (Å²) in [6.45, 7) is 1.83. The van der Waals surface area contributed by atoms with Crippen LogP contribution < -0.4 is 5.32 Å². The predicted octanol–water partition coefficient (Wildman–Crippen LogP) is 0.739. The summed E-state index contributed by atoms with van der Waals surface area (Å²) >= 11 is 1.59. The molecule has 1 amide bonds. The molecule has 106 valence electrons. The summed E-state index contributed by atoms with van der Waals surface area (Å²) in [4.78, 5) is 24.5. The van der Waals surface area contributed by atoms with E-state index in [1.165, 1.54) is 7.11 Å². The van der Waals surface area contributed by atoms with Crippen molar-refractivity contribution in [2.45, 2.75) is 25.3 Å². The minimum Gasteiger partial charge on any atom is -0.468 e. The first kappa shape index (κ1) is 17.2. The molecule has 0 spiro atoms. The van der Waals surface area contributed by atoms with E-state index in [4.69, 9.17) is 4.74 Å². The third-order valence-corrected chi connectivity index (χ3v) is 3.91. The highest BCUT2D eigenvalue weighted by Crippen LogP contribution is 2.16. The maximum absolute atomic E-state index is 11.6. The van der Waals surface area contributed by atoms with E-state index in [1.54, 1.807) is 37.8 Å². The first-order valence-corrected chi connectivity index (χ1v) is 7.08. The van der Waals surface area contributed by atoms with E-state index in [1.807, 2.05) is 6.92 Å². The molecule has 18 heavy (non-hydrogen) atoms. The van der Waals surface area contributed by atoms with Gasteiger partial charge in [-0.25, -0.2) is 0 Å². The number of hydrogen-bond acceptors (Lipinski definition) is 5. The van der Waals surface area contributed by atoms with Crippen LogP contribution in [0.3, 0.4) is 0 Å². The Morgan fingerprint density at radius 1 is 1.39 bits per heavy atom. The van der Waals surface area contributed by atoms with E-state index >= 15 is 0 Å². The first-order valence-electron chi connectivity index (χ1n) is 5.92. The van der Waals surface area contributed by atoms with Crippen molar-refractivity contribution in [3.8, 4) is 0 Å². The van der Waals surface area contributed by atoms with Crippen LogP contribution in [0.2, 0.25) is 0 Å². The summed E-state index contributed by atoms with van der Waals surface area (Å²) in [6.07, 6.45) is 1.55. The number of nitrogens with zero attached hydrogens (tertiary/aromatic N) is 1. The molecule has 1 unspecified atom stereocenters. The second kappa shape index (κ2) is 8.37. The maximum atomic E-state index is 11.6. The van der Waals surface area contributed by atoms with Crippen LogP contribution in [0.1, 0.15) is 19.8 Å². The van der Waals surface area contributed by atoms with Gasteiger partial charge in [0.05, 0.1) is 12.9 Å². The molecule has 5 nitrogen and oxygen atoms in total. The minimum absolute atomic E-state index is 0.115. The van der Waals surface area contributed by atoms with E-state index in [0.29, 0.717) is 12.2 Å². The number of nitrogens with one attached hydrogen (secondary N) is 1. The van der Waals surface area contributed by atoms with Gasteiger partial charge in [0.2, 0.25) is 5.91 Å². The second-order valence-electron chi connectivity index (χ2n) is 4.52. The molecule has 1 N–H and O–H groups in total. The summed E-state index contributed by atoms with van der Waals surface area (Å²) in [6, 6.07) is 0. The van der Waals surface area contributed by atoms with E-state index in [-0.39, 0.29) is 11.9 Å². The molecular formula is C12H24N2O3S. The molecule has 0 bridgehead atoms. The van der Waals surface area contributed by atoms with Gasteiger partial charge in [0.25, 0.3) is 0 Å². The highest BCUT2D eigenvalue weighted by Gasteiger charge is 2.31. The van der Waals surface area contributed by atoms with Crippen molar-refractivity contribution < 1.29 is 14.3 Å². The predicted molar refractivity (Wildman–Crippen MR) is 74.7 cm³/mol. The van der Waals surface area contributed by atoms with E-state index in [2.05, 4.69) is 5.32 Å². The largest absolute Gasteiger partial charge is 0.468 e. The van der Waals surface area contributed by atoms with Crippen molar-refractivity contribution in [1.29, 1.82) is 0 Å². The molecule has 0 aliphatic carbocycles. The van der Waals surface area contributed by atoms with Gasteiger partial charge in [-0.15, -0.1) is 0 Å². The normalized spacial score (nSPS) is 13.8. The number of rotatable bonds is 8. The average Bonchev–Trinajstić information content (AvgIpc) is 2.36. The standard InChI is InChI=1S/C12H24N2O3S/c1-12(13-2,11(16)17-5)7-6-8-18-9-10(15)14(3)4/h13H,6-9H2,1-5H3. The smallest absolute Gasteiger partial charge is 0.325 e. The van der Waals surface area contributed by atoms with Crippen molar-refractivity contribution in [3.05, 3.63) is 0 Å². The third-order valence-electron chi connectivity index (χ3n) is 2.88. The minimum atomic E-state index is -0.638. The molecule has 0 fully saturated rings. The zero-order valence-electron chi connectivity index (χ0n) is 11.9. The molecule has 6 heteroatoms. The quantitative estimate of drug-likeness (QED) is 0.523. The summed E-state index contributed by atoms with van der Waals surface area (Å²) in [5.74, 6) is 1.21. The number of likely N-dealkylation sites (N-methyl/N-ethyl adjacent to an activating group) is 1. The van der Waals surface area contributed by atoms with Gasteiger partial charge in [0.1, 0.15) is 5.54 Å². The Bertz CT molecular complexity index is 284. The van der Waals surface area contributed by atoms with Crippen LogP contribution in [-0.4, -0.2) is 62.1 Å². The number of thioether (sulfide) groups is 1. The van der Waals surface area contributed by atoms with Gasteiger partial charge in [-0.3, -0.25) is 9.59 Å². The molecule has 0 aromatic rings. The number of carbonyl (C=O) groups is 2. The number of methoxy groups -OCH3 is 1. The fourth-order valence-corrected chi connectivity index (χ4v) is 2.30. The number of carbonyl (C=O) groups excluding carboxylic acids is 2. The molecule has 0 saturated heterocycles. The summed E-state index contributed by atoms with van der Waals surface area (Å²) < 4.78 is 4.76. The Hall–Kier alpha value is -0.750. The van der Waals surface area contributed by atoms with Crippen LogP contribution in [0.25, 0.3) is 0 Å². The van der Waals surface area contributed by atoms with Gasteiger partial charge in [-0.2, -0.15) is 11.8 Å². The van der Waals surface area contributed by atoms with E-state index < -0.39 is 5.54 Å². The first-order chi connectivity index (χ1) is 8.37. The van der Waals surface area contributed by atoms with Gasteiger partial charge in [0, 0.05) is 14.1 Å². The van der Waals surface area contributed by atoms with Crippen molar-refractivity contribution in [2.24, 2.45) is 0 Å². The molecule has 0 aromatic carbocycles. The Morgan fingerprint density at radius 2 is 2.00 bits per heavy atom. The lowest BCUT2D eigenvalue weighted by Gasteiger charge is -2.25. The highest BCUT2D eigenvalue weighted by molar-refractivity contribution is 7.99. The molecule has 0 heterocycles. The van der Waals surface area contributed by atoms with Crippen LogP contribution in [0.5, 0.6) is 0 Å². The zero-order valence-corrected chi connectivity index (χ0v) is 12.7. The Morgan fingerprint density at radius 3 is 2.44 bits per heavy atom. The number of hydrogen-bond donors (Lipinski definition) is 1. The molecule has 0 aromatic heterocycles. The fraction of sp³-hybridized carbons (Fsp3) is 0.833. The van der Waals surface area contributed by atoms with Crippen LogP contribution >= 0.6 is 11.8 Å². The van der Waals surface area contributed by atoms with Crippen molar-refractivity contribution in [1.82, 2.24) is 10.2 Å². The molecule has 0 aliphatic rings. The number of esters is 1. The Labute approximate surface area is 114 Å². The molecule has 1 atom stereocenters. The number of amides is 1. The topological polar surface area (TPSA) is 58.6 Å². The maximum Gasteiger partial charge on any atom is 0.325 e. The van der Waals surface area contributed by atoms with Gasteiger partial charge in [-0.1, -0.05) is 0 Å². The monoisotopic (exact) mass is 276 g/mol. The lowest BCUT2D eigenvalue weighted by Crippen LogP contribution is -2.48. The van der Waals surface area contributed by atoms with Crippen molar-refractivity contribution >= 4 is 23.6 Å². The van der Waals surface area contributed by atoms with Crippen molar-refractivity contribution in [3.63, 3.8) is 0 Å². The van der Waals surface area contributed by atoms with Crippen LogP contribution in [0.4, 0.5) is 0 Å². The van der Waals surface area contributed by atoms with Gasteiger partial charge < -0.3 is 15.0 Å². The third kappa shape index (κ3) is 5.73. The Kier molecular flexibility index (Phi) is 8.02. The average molecular weight is 276 g/mol. The van der Waals surface area contributed by atoms with Crippen molar-refractivity contribution in [2.75, 3.05) is 39.8 Å². The lowest BCUT2D eigenvalue weighted by atomic mass is 9.97. The second-order valence-corrected chi connectivity index (χ2v) is 5.62. The van der Waals surface area contributed by atoms with Crippen LogP contribution in [0, 0.1) is 0 Å².